The molecule has 3 unspecified atom stereocenters. The summed E-state index contributed by atoms with van der Waals surface area (Å²) in [7, 11) is -3.26. The van der Waals surface area contributed by atoms with E-state index in [-0.39, 0.29) is 22.3 Å². The molecule has 3 atom stereocenters. The maximum atomic E-state index is 12.7. The Hall–Kier alpha value is 0.310. The highest BCUT2D eigenvalue weighted by Crippen LogP contribution is 2.42. The van der Waals surface area contributed by atoms with Gasteiger partial charge in [-0.05, 0) is 55.8 Å². The first-order valence-electron chi connectivity index (χ1n) is 10.3. The number of halogens is 1. The fraction of sp³-hybridized carbons (Fsp3) is 1.00. The summed E-state index contributed by atoms with van der Waals surface area (Å²) in [5.74, 6) is 1.39. The van der Waals surface area contributed by atoms with Gasteiger partial charge >= 0.3 is 0 Å². The van der Waals surface area contributed by atoms with Crippen molar-refractivity contribution in [2.75, 3.05) is 0 Å². The molecule has 1 aliphatic heterocycles. The molecule has 2 aliphatic carbocycles. The molecular formula is C19H36BrN3O2S. The molecule has 1 saturated heterocycles. The largest absolute Gasteiger partial charge is 0.252 e. The third-order valence-corrected chi connectivity index (χ3v) is 9.88. The van der Waals surface area contributed by atoms with Crippen molar-refractivity contribution >= 4 is 26.0 Å². The first kappa shape index (κ1) is 21.0. The van der Waals surface area contributed by atoms with E-state index in [1.54, 1.807) is 0 Å². The van der Waals surface area contributed by atoms with Crippen LogP contribution in [0.5, 0.6) is 0 Å². The topological polar surface area (TPSA) is 70.2 Å². The van der Waals surface area contributed by atoms with Crippen LogP contribution in [-0.2, 0) is 10.0 Å². The Labute approximate surface area is 168 Å². The van der Waals surface area contributed by atoms with E-state index in [1.807, 2.05) is 0 Å². The zero-order valence-electron chi connectivity index (χ0n) is 16.4. The summed E-state index contributed by atoms with van der Waals surface area (Å²) < 4.78 is 28.4. The van der Waals surface area contributed by atoms with Crippen LogP contribution in [0.15, 0.2) is 0 Å². The molecule has 3 N–H and O–H groups in total. The van der Waals surface area contributed by atoms with Gasteiger partial charge in [0, 0.05) is 6.04 Å². The molecule has 7 heteroatoms. The van der Waals surface area contributed by atoms with Crippen molar-refractivity contribution in [1.29, 1.82) is 0 Å². The normalized spacial score (nSPS) is 37.8. The van der Waals surface area contributed by atoms with Crippen molar-refractivity contribution in [3.05, 3.63) is 0 Å². The molecule has 152 valence electrons. The molecule has 0 aromatic rings. The van der Waals surface area contributed by atoms with E-state index in [4.69, 9.17) is 0 Å². The number of sulfonamides is 1. The lowest BCUT2D eigenvalue weighted by atomic mass is 9.68. The van der Waals surface area contributed by atoms with Gasteiger partial charge in [0.25, 0.3) is 0 Å². The number of alkyl halides is 1. The summed E-state index contributed by atoms with van der Waals surface area (Å²) in [6.45, 7) is 7.03. The van der Waals surface area contributed by atoms with E-state index in [9.17, 15) is 8.42 Å². The maximum absolute atomic E-state index is 12.7. The van der Waals surface area contributed by atoms with Gasteiger partial charge < -0.3 is 0 Å². The van der Waals surface area contributed by atoms with Crippen molar-refractivity contribution in [1.82, 2.24) is 15.6 Å². The van der Waals surface area contributed by atoms with E-state index < -0.39 is 10.0 Å². The van der Waals surface area contributed by atoms with Crippen LogP contribution in [0.4, 0.5) is 0 Å². The van der Waals surface area contributed by atoms with Gasteiger partial charge in [-0.1, -0.05) is 56.0 Å². The van der Waals surface area contributed by atoms with Gasteiger partial charge in [0.05, 0.1) is 16.2 Å². The van der Waals surface area contributed by atoms with Crippen LogP contribution in [0, 0.1) is 17.3 Å². The molecule has 0 aromatic heterocycles. The van der Waals surface area contributed by atoms with Gasteiger partial charge in [-0.15, -0.1) is 0 Å². The van der Waals surface area contributed by atoms with Crippen LogP contribution >= 0.6 is 15.9 Å². The SMILES string of the molecule is CC(C)(C)C1CCC(C2NNC(NS(=O)(=O)C3CCCCC3)C2Br)CC1. The van der Waals surface area contributed by atoms with Gasteiger partial charge in [-0.2, -0.15) is 4.72 Å². The average Bonchev–Trinajstić information content (AvgIpc) is 2.95. The van der Waals surface area contributed by atoms with Crippen molar-refractivity contribution in [3.8, 4) is 0 Å². The van der Waals surface area contributed by atoms with E-state index in [1.165, 1.54) is 25.7 Å². The minimum absolute atomic E-state index is 0.0806. The quantitative estimate of drug-likeness (QED) is 0.572. The van der Waals surface area contributed by atoms with E-state index in [0.29, 0.717) is 11.3 Å². The smallest absolute Gasteiger partial charge is 0.215 e. The number of hydrazine groups is 1. The lowest BCUT2D eigenvalue weighted by molar-refractivity contribution is 0.136. The first-order valence-corrected chi connectivity index (χ1v) is 12.8. The van der Waals surface area contributed by atoms with Gasteiger partial charge in [0.2, 0.25) is 10.0 Å². The second kappa shape index (κ2) is 8.36. The molecular weight excluding hydrogens is 414 g/mol. The highest BCUT2D eigenvalue weighted by Gasteiger charge is 2.43. The number of nitrogens with one attached hydrogen (secondary N) is 3. The lowest BCUT2D eigenvalue weighted by Crippen LogP contribution is -2.50. The fourth-order valence-corrected chi connectivity index (χ4v) is 7.73. The Morgan fingerprint density at radius 1 is 0.923 bits per heavy atom. The van der Waals surface area contributed by atoms with Gasteiger partial charge in [-0.3, -0.25) is 5.43 Å². The molecule has 3 aliphatic rings. The number of rotatable bonds is 4. The Kier molecular flexibility index (Phi) is 6.76. The van der Waals surface area contributed by atoms with Crippen LogP contribution in [0.2, 0.25) is 0 Å². The van der Waals surface area contributed by atoms with E-state index in [0.717, 1.165) is 38.0 Å². The molecule has 0 spiro atoms. The van der Waals surface area contributed by atoms with Crippen LogP contribution < -0.4 is 15.6 Å². The monoisotopic (exact) mass is 449 g/mol. The van der Waals surface area contributed by atoms with Crippen LogP contribution in [0.25, 0.3) is 0 Å². The number of hydrogen-bond donors (Lipinski definition) is 3. The van der Waals surface area contributed by atoms with Crippen molar-refractivity contribution < 1.29 is 8.42 Å². The maximum Gasteiger partial charge on any atom is 0.215 e. The molecule has 0 aromatic carbocycles. The zero-order valence-corrected chi connectivity index (χ0v) is 18.8. The van der Waals surface area contributed by atoms with Crippen molar-refractivity contribution in [2.24, 2.45) is 17.3 Å². The molecule has 0 radical (unpaired) electrons. The van der Waals surface area contributed by atoms with Crippen molar-refractivity contribution in [2.45, 2.75) is 101 Å². The molecule has 3 fully saturated rings. The Balaban J connectivity index is 1.54. The highest BCUT2D eigenvalue weighted by molar-refractivity contribution is 9.09. The molecule has 5 nitrogen and oxygen atoms in total. The second-order valence-electron chi connectivity index (χ2n) is 9.64. The summed E-state index contributed by atoms with van der Waals surface area (Å²) in [5, 5.41) is -0.223. The third kappa shape index (κ3) is 4.83. The Morgan fingerprint density at radius 2 is 1.54 bits per heavy atom. The first-order chi connectivity index (χ1) is 12.2. The van der Waals surface area contributed by atoms with Crippen molar-refractivity contribution in [3.63, 3.8) is 0 Å². The summed E-state index contributed by atoms with van der Waals surface area (Å²) in [6.07, 6.45) is 9.50. The van der Waals surface area contributed by atoms with Gasteiger partial charge in [0.1, 0.15) is 0 Å². The van der Waals surface area contributed by atoms with Gasteiger partial charge in [-0.25, -0.2) is 13.8 Å². The fourth-order valence-electron chi connectivity index (χ4n) is 5.02. The summed E-state index contributed by atoms with van der Waals surface area (Å²) >= 11 is 3.79. The standard InChI is InChI=1S/C19H36BrN3O2S/c1-19(2,3)14-11-9-13(10-12-14)17-16(20)18(22-21-17)23-26(24,25)15-7-5-4-6-8-15/h13-18,21-23H,4-12H2,1-3H3. The summed E-state index contributed by atoms with van der Waals surface area (Å²) in [4.78, 5) is 0.0806. The molecule has 0 bridgehead atoms. The highest BCUT2D eigenvalue weighted by atomic mass is 79.9. The van der Waals surface area contributed by atoms with E-state index >= 15 is 0 Å². The molecule has 2 saturated carbocycles. The predicted octanol–water partition coefficient (Wildman–Crippen LogP) is 3.66. The summed E-state index contributed by atoms with van der Waals surface area (Å²) in [6, 6.07) is 0.273. The van der Waals surface area contributed by atoms with Crippen LogP contribution in [-0.4, -0.2) is 30.7 Å². The Bertz CT molecular complexity index is 564. The van der Waals surface area contributed by atoms with Gasteiger partial charge in [0.15, 0.2) is 0 Å². The minimum atomic E-state index is -3.26. The zero-order chi connectivity index (χ0) is 18.9. The average molecular weight is 450 g/mol. The Morgan fingerprint density at radius 3 is 2.12 bits per heavy atom. The molecule has 1 heterocycles. The van der Waals surface area contributed by atoms with Crippen LogP contribution in [0.3, 0.4) is 0 Å². The molecule has 3 rings (SSSR count). The third-order valence-electron chi connectivity index (χ3n) is 6.85. The van der Waals surface area contributed by atoms with Crippen LogP contribution in [0.1, 0.15) is 78.6 Å². The second-order valence-corrected chi connectivity index (χ2v) is 12.7. The molecule has 26 heavy (non-hydrogen) atoms. The minimum Gasteiger partial charge on any atom is -0.252 e. The lowest BCUT2D eigenvalue weighted by Gasteiger charge is -2.39. The molecule has 0 amide bonds. The number of hydrogen-bond acceptors (Lipinski definition) is 4. The predicted molar refractivity (Wildman–Crippen MR) is 110 cm³/mol. The summed E-state index contributed by atoms with van der Waals surface area (Å²) in [5.41, 5.74) is 6.97. The van der Waals surface area contributed by atoms with E-state index in [2.05, 4.69) is 52.3 Å².